The number of hydrogen-bond acceptors (Lipinski definition) is 10. The number of methoxy groups -OCH3 is 1. The van der Waals surface area contributed by atoms with E-state index in [2.05, 4.69) is 39.0 Å². The van der Waals surface area contributed by atoms with E-state index in [4.69, 9.17) is 28.9 Å². The molecule has 11 nitrogen and oxygen atoms in total. The average Bonchev–Trinajstić information content (AvgIpc) is 3.15. The van der Waals surface area contributed by atoms with E-state index in [1.54, 1.807) is 12.0 Å². The Kier molecular flexibility index (Phi) is 10.7. The lowest BCUT2D eigenvalue weighted by molar-refractivity contribution is 0.0512. The summed E-state index contributed by atoms with van der Waals surface area (Å²) in [5.74, 6) is 1.60. The Morgan fingerprint density at radius 2 is 1.74 bits per heavy atom. The number of aromatic nitrogens is 2. The highest BCUT2D eigenvalue weighted by atomic mass is 19.1. The number of amides is 1. The molecule has 0 bridgehead atoms. The minimum Gasteiger partial charge on any atom is -0.467 e. The molecule has 1 atom stereocenters. The summed E-state index contributed by atoms with van der Waals surface area (Å²) in [6.45, 7) is 6.32. The van der Waals surface area contributed by atoms with Gasteiger partial charge in [-0.15, -0.1) is 0 Å². The van der Waals surface area contributed by atoms with E-state index in [0.29, 0.717) is 64.9 Å². The van der Waals surface area contributed by atoms with Crippen molar-refractivity contribution in [2.75, 3.05) is 82.7 Å². The molecule has 0 N–H and O–H groups in total. The van der Waals surface area contributed by atoms with Crippen molar-refractivity contribution < 1.29 is 28.1 Å². The van der Waals surface area contributed by atoms with Crippen LogP contribution in [-0.4, -0.2) is 105 Å². The zero-order chi connectivity index (χ0) is 34.3. The van der Waals surface area contributed by atoms with Crippen LogP contribution >= 0.6 is 0 Å². The second kappa shape index (κ2) is 15.9. The number of halogens is 1. The van der Waals surface area contributed by atoms with E-state index >= 15 is 0 Å². The summed E-state index contributed by atoms with van der Waals surface area (Å²) in [4.78, 5) is 31.3. The molecule has 0 saturated carbocycles. The number of hydrogen-bond donors (Lipinski definition) is 0. The van der Waals surface area contributed by atoms with Crippen LogP contribution in [0.3, 0.4) is 0 Å². The summed E-state index contributed by atoms with van der Waals surface area (Å²) >= 11 is 0. The average molecular weight is 685 g/mol. The highest BCUT2D eigenvalue weighted by molar-refractivity contribution is 5.95. The molecule has 1 unspecified atom stereocenters. The van der Waals surface area contributed by atoms with E-state index in [-0.39, 0.29) is 19.5 Å². The van der Waals surface area contributed by atoms with Crippen LogP contribution < -0.4 is 19.3 Å². The zero-order valence-electron chi connectivity index (χ0n) is 28.6. The summed E-state index contributed by atoms with van der Waals surface area (Å²) in [5.41, 5.74) is 4.04. The third-order valence-electron chi connectivity index (χ3n) is 9.65. The number of fused-ring (bicyclic) bond motifs is 2. The largest absolute Gasteiger partial charge is 0.467 e. The molecule has 4 heterocycles. The lowest BCUT2D eigenvalue weighted by atomic mass is 10.0. The minimum atomic E-state index is -0.787. The zero-order valence-corrected chi connectivity index (χ0v) is 28.6. The Morgan fingerprint density at radius 1 is 0.920 bits per heavy atom. The van der Waals surface area contributed by atoms with Crippen LogP contribution in [0.15, 0.2) is 66.7 Å². The molecule has 3 aromatic carbocycles. The second-order valence-corrected chi connectivity index (χ2v) is 13.0. The molecule has 0 radical (unpaired) electrons. The highest BCUT2D eigenvalue weighted by Crippen LogP contribution is 2.37. The molecular weight excluding hydrogens is 639 g/mol. The van der Waals surface area contributed by atoms with E-state index in [1.165, 1.54) is 0 Å². The summed E-state index contributed by atoms with van der Waals surface area (Å²) in [7, 11) is 1.61. The molecule has 3 aliphatic heterocycles. The van der Waals surface area contributed by atoms with Crippen molar-refractivity contribution in [3.63, 3.8) is 0 Å². The number of alkyl halides is 1. The molecule has 0 aliphatic carbocycles. The molecule has 1 aromatic heterocycles. The van der Waals surface area contributed by atoms with E-state index in [1.807, 2.05) is 42.5 Å². The molecule has 50 heavy (non-hydrogen) atoms. The van der Waals surface area contributed by atoms with Crippen molar-refractivity contribution in [1.82, 2.24) is 19.8 Å². The lowest BCUT2D eigenvalue weighted by Gasteiger charge is -2.38. The topological polar surface area (TPSA) is 92.7 Å². The summed E-state index contributed by atoms with van der Waals surface area (Å²) in [6, 6.07) is 22.4. The SMILES string of the molecule is COCOc1cc(N2CCc3c(nc(OCCN4CCCC(F)C4)nc3N3CCN(C(=O)OCc4ccccc4)CC3)C2)c2ccccc2c1. The monoisotopic (exact) mass is 684 g/mol. The third kappa shape index (κ3) is 8.03. The lowest BCUT2D eigenvalue weighted by Crippen LogP contribution is -2.49. The maximum atomic E-state index is 14.0. The Bertz CT molecular complexity index is 1750. The first-order chi connectivity index (χ1) is 24.5. The first-order valence-corrected chi connectivity index (χ1v) is 17.5. The van der Waals surface area contributed by atoms with Gasteiger partial charge in [0.2, 0.25) is 0 Å². The van der Waals surface area contributed by atoms with Crippen LogP contribution in [0.25, 0.3) is 10.8 Å². The molecule has 2 saturated heterocycles. The fourth-order valence-corrected chi connectivity index (χ4v) is 7.04. The van der Waals surface area contributed by atoms with Gasteiger partial charge in [0, 0.05) is 75.6 Å². The molecule has 12 heteroatoms. The Labute approximate surface area is 292 Å². The number of benzene rings is 3. The molecule has 2 fully saturated rings. The Balaban J connectivity index is 1.10. The fraction of sp³-hybridized carbons (Fsp3) is 0.447. The second-order valence-electron chi connectivity index (χ2n) is 13.0. The van der Waals surface area contributed by atoms with Gasteiger partial charge in [-0.2, -0.15) is 9.97 Å². The number of ether oxygens (including phenoxy) is 4. The van der Waals surface area contributed by atoms with Crippen LogP contribution in [0.5, 0.6) is 11.8 Å². The van der Waals surface area contributed by atoms with Crippen LogP contribution in [-0.2, 0) is 29.0 Å². The van der Waals surface area contributed by atoms with Crippen LogP contribution in [0.1, 0.15) is 29.7 Å². The van der Waals surface area contributed by atoms with Gasteiger partial charge in [-0.3, -0.25) is 4.90 Å². The number of carbonyl (C=O) groups excluding carboxylic acids is 1. The molecule has 3 aliphatic rings. The van der Waals surface area contributed by atoms with Gasteiger partial charge in [-0.25, -0.2) is 9.18 Å². The molecule has 7 rings (SSSR count). The van der Waals surface area contributed by atoms with Gasteiger partial charge in [0.05, 0.1) is 12.2 Å². The fourth-order valence-electron chi connectivity index (χ4n) is 7.04. The van der Waals surface area contributed by atoms with Gasteiger partial charge in [0.1, 0.15) is 31.0 Å². The standard InChI is InChI=1S/C38H45FN6O5/c1-47-27-50-31-22-29-10-5-6-12-32(29)35(23-31)45-15-13-33-34(25-45)40-37(48-21-20-42-14-7-11-30(39)24-42)41-36(33)43-16-18-44(19-17-43)38(46)49-26-28-8-3-2-4-9-28/h2-6,8-10,12,22-23,30H,7,11,13-21,24-27H2,1H3. The van der Waals surface area contributed by atoms with Crippen molar-refractivity contribution in [2.45, 2.75) is 38.6 Å². The van der Waals surface area contributed by atoms with Crippen LogP contribution in [0.2, 0.25) is 0 Å². The van der Waals surface area contributed by atoms with Gasteiger partial charge in [0.25, 0.3) is 0 Å². The van der Waals surface area contributed by atoms with Gasteiger partial charge in [-0.1, -0.05) is 54.6 Å². The minimum absolute atomic E-state index is 0.166. The number of piperidine rings is 1. The normalized spacial score (nSPS) is 18.2. The van der Waals surface area contributed by atoms with E-state index in [0.717, 1.165) is 70.8 Å². The maximum Gasteiger partial charge on any atom is 0.410 e. The third-order valence-corrected chi connectivity index (χ3v) is 9.65. The Morgan fingerprint density at radius 3 is 2.56 bits per heavy atom. The molecular formula is C38H45FN6O5. The quantitative estimate of drug-likeness (QED) is 0.190. The van der Waals surface area contributed by atoms with E-state index < -0.39 is 6.17 Å². The molecule has 4 aromatic rings. The number of rotatable bonds is 11. The van der Waals surface area contributed by atoms with Crippen molar-refractivity contribution in [2.24, 2.45) is 0 Å². The predicted octanol–water partition coefficient (Wildman–Crippen LogP) is 5.45. The van der Waals surface area contributed by atoms with Crippen LogP contribution in [0, 0.1) is 0 Å². The van der Waals surface area contributed by atoms with Crippen molar-refractivity contribution in [3.8, 4) is 11.8 Å². The summed E-state index contributed by atoms with van der Waals surface area (Å²) in [5, 5.41) is 2.22. The Hall–Kier alpha value is -4.68. The summed E-state index contributed by atoms with van der Waals surface area (Å²) in [6.07, 6.45) is 1.13. The molecule has 264 valence electrons. The first kappa shape index (κ1) is 33.8. The number of piperazine rings is 1. The molecule has 0 spiro atoms. The van der Waals surface area contributed by atoms with Crippen molar-refractivity contribution >= 4 is 28.4 Å². The first-order valence-electron chi connectivity index (χ1n) is 17.5. The van der Waals surface area contributed by atoms with Crippen molar-refractivity contribution in [3.05, 3.63) is 83.6 Å². The van der Waals surface area contributed by atoms with Crippen molar-refractivity contribution in [1.29, 1.82) is 0 Å². The number of carbonyl (C=O) groups is 1. The predicted molar refractivity (Wildman–Crippen MR) is 190 cm³/mol. The number of anilines is 2. The maximum absolute atomic E-state index is 14.0. The molecule has 1 amide bonds. The van der Waals surface area contributed by atoms with Gasteiger partial charge in [0.15, 0.2) is 6.79 Å². The smallest absolute Gasteiger partial charge is 0.410 e. The van der Waals surface area contributed by atoms with Gasteiger partial charge in [-0.05, 0) is 42.8 Å². The summed E-state index contributed by atoms with van der Waals surface area (Å²) < 4.78 is 36.9. The van der Waals surface area contributed by atoms with Crippen LogP contribution in [0.4, 0.5) is 20.7 Å². The van der Waals surface area contributed by atoms with Gasteiger partial charge >= 0.3 is 12.1 Å². The van der Waals surface area contributed by atoms with E-state index in [9.17, 15) is 9.18 Å². The number of likely N-dealkylation sites (tertiary alicyclic amines) is 1. The highest BCUT2D eigenvalue weighted by Gasteiger charge is 2.30. The van der Waals surface area contributed by atoms with Gasteiger partial charge < -0.3 is 33.6 Å². The number of nitrogens with zero attached hydrogens (tertiary/aromatic N) is 6.